The number of hydrogen-bond donors (Lipinski definition) is 1. The zero-order valence-electron chi connectivity index (χ0n) is 19.4. The van der Waals surface area contributed by atoms with E-state index in [9.17, 15) is 14.3 Å². The fourth-order valence-electron chi connectivity index (χ4n) is 5.38. The highest BCUT2D eigenvalue weighted by molar-refractivity contribution is 5.93. The van der Waals surface area contributed by atoms with Crippen LogP contribution in [-0.4, -0.2) is 66.2 Å². The van der Waals surface area contributed by atoms with Gasteiger partial charge in [0.05, 0.1) is 31.0 Å². The Labute approximate surface area is 198 Å². The summed E-state index contributed by atoms with van der Waals surface area (Å²) in [5.41, 5.74) is 4.69. The molecule has 0 aromatic heterocycles. The first-order chi connectivity index (χ1) is 16.4. The molecule has 178 valence electrons. The van der Waals surface area contributed by atoms with Crippen molar-refractivity contribution in [2.75, 3.05) is 39.3 Å². The minimum Gasteiger partial charge on any atom is -0.457 e. The van der Waals surface area contributed by atoms with Gasteiger partial charge >= 0.3 is 5.97 Å². The number of halogens is 1. The van der Waals surface area contributed by atoms with Gasteiger partial charge in [-0.1, -0.05) is 12.1 Å². The van der Waals surface area contributed by atoms with E-state index in [-0.39, 0.29) is 30.4 Å². The van der Waals surface area contributed by atoms with Crippen molar-refractivity contribution < 1.29 is 23.8 Å². The summed E-state index contributed by atoms with van der Waals surface area (Å²) in [4.78, 5) is 19.7. The lowest BCUT2D eigenvalue weighted by molar-refractivity contribution is -0.0938. The highest BCUT2D eigenvalue weighted by Crippen LogP contribution is 2.33. The van der Waals surface area contributed by atoms with Crippen LogP contribution >= 0.6 is 0 Å². The number of aryl methyl sites for hydroxylation is 1. The summed E-state index contributed by atoms with van der Waals surface area (Å²) in [6.45, 7) is 15.2. The molecule has 1 N–H and O–H groups in total. The van der Waals surface area contributed by atoms with Gasteiger partial charge in [0.15, 0.2) is 0 Å². The summed E-state index contributed by atoms with van der Waals surface area (Å²) in [6.07, 6.45) is -0.878. The van der Waals surface area contributed by atoms with Gasteiger partial charge in [-0.25, -0.2) is 14.0 Å². The zero-order chi connectivity index (χ0) is 24.0. The standard InChI is InChI=1S/C26H28FN3O4/c1-15-8-17(9-22(27)25(15)28-3)24-12-30-7-6-29(10-18(30)13-33-24)11-23(31)19-4-5-20-21(16(19)2)14-34-26(20)32/h4-5,8-9,18,23-24,31H,6-7,10-14H2,1-2H3/t18-,23+,24-/m1/s1. The van der Waals surface area contributed by atoms with E-state index in [4.69, 9.17) is 16.0 Å². The number of morpholine rings is 1. The maximum Gasteiger partial charge on any atom is 0.338 e. The molecular formula is C26H28FN3O4. The SMILES string of the molecule is [C-]#[N+]c1c(C)cc([C@H]2CN3CCN(C[C@H](O)c4ccc5c(c4C)COC5=O)C[C@@H]3CO2)cc1F. The molecule has 0 saturated carbocycles. The van der Waals surface area contributed by atoms with Crippen molar-refractivity contribution in [1.82, 2.24) is 9.80 Å². The van der Waals surface area contributed by atoms with Gasteiger partial charge in [-0.2, -0.15) is 0 Å². The smallest absolute Gasteiger partial charge is 0.338 e. The molecule has 3 heterocycles. The summed E-state index contributed by atoms with van der Waals surface area (Å²) in [5, 5.41) is 11.0. The fourth-order valence-corrected chi connectivity index (χ4v) is 5.38. The van der Waals surface area contributed by atoms with Crippen molar-refractivity contribution in [3.8, 4) is 0 Å². The van der Waals surface area contributed by atoms with Crippen LogP contribution in [0, 0.1) is 26.2 Å². The van der Waals surface area contributed by atoms with Crippen molar-refractivity contribution in [1.29, 1.82) is 0 Å². The quantitative estimate of drug-likeness (QED) is 0.551. The number of fused-ring (bicyclic) bond motifs is 2. The minimum absolute atomic E-state index is 0.0716. The molecule has 2 saturated heterocycles. The first kappa shape index (κ1) is 22.9. The van der Waals surface area contributed by atoms with Crippen LogP contribution < -0.4 is 0 Å². The summed E-state index contributed by atoms with van der Waals surface area (Å²) in [7, 11) is 0. The fraction of sp³-hybridized carbons (Fsp3) is 0.462. The Morgan fingerprint density at radius 1 is 1.26 bits per heavy atom. The molecule has 34 heavy (non-hydrogen) atoms. The largest absolute Gasteiger partial charge is 0.457 e. The highest BCUT2D eigenvalue weighted by Gasteiger charge is 2.35. The number of esters is 1. The third-order valence-corrected chi connectivity index (χ3v) is 7.34. The van der Waals surface area contributed by atoms with Crippen molar-refractivity contribution in [2.24, 2.45) is 0 Å². The Kier molecular flexibility index (Phi) is 6.13. The molecule has 3 atom stereocenters. The Bertz CT molecular complexity index is 1150. The number of ether oxygens (including phenoxy) is 2. The molecular weight excluding hydrogens is 437 g/mol. The summed E-state index contributed by atoms with van der Waals surface area (Å²) >= 11 is 0. The summed E-state index contributed by atoms with van der Waals surface area (Å²) in [5.74, 6) is -0.793. The van der Waals surface area contributed by atoms with Gasteiger partial charge in [0.25, 0.3) is 0 Å². The molecule has 0 radical (unpaired) electrons. The second kappa shape index (κ2) is 9.08. The number of nitrogens with zero attached hydrogens (tertiary/aromatic N) is 3. The van der Waals surface area contributed by atoms with E-state index >= 15 is 0 Å². The molecule has 2 aromatic rings. The molecule has 0 spiro atoms. The first-order valence-electron chi connectivity index (χ1n) is 11.6. The Balaban J connectivity index is 1.21. The molecule has 8 heteroatoms. The van der Waals surface area contributed by atoms with Crippen molar-refractivity contribution in [3.05, 3.63) is 74.9 Å². The van der Waals surface area contributed by atoms with E-state index in [1.165, 1.54) is 6.07 Å². The zero-order valence-corrected chi connectivity index (χ0v) is 19.4. The highest BCUT2D eigenvalue weighted by atomic mass is 19.1. The Morgan fingerprint density at radius 2 is 2.09 bits per heavy atom. The molecule has 0 unspecified atom stereocenters. The lowest BCUT2D eigenvalue weighted by atomic mass is 9.95. The number of β-amino-alcohol motifs (C(OH)–C–C–N with tert-alkyl or cyclic N) is 1. The van der Waals surface area contributed by atoms with E-state index < -0.39 is 11.9 Å². The van der Waals surface area contributed by atoms with Crippen LogP contribution in [0.15, 0.2) is 24.3 Å². The minimum atomic E-state index is -0.656. The van der Waals surface area contributed by atoms with Crippen LogP contribution in [0.25, 0.3) is 4.85 Å². The average Bonchev–Trinajstić information content (AvgIpc) is 3.20. The molecule has 3 aliphatic heterocycles. The first-order valence-corrected chi connectivity index (χ1v) is 11.6. The second-order valence-electron chi connectivity index (χ2n) is 9.41. The summed E-state index contributed by atoms with van der Waals surface area (Å²) in [6, 6.07) is 7.06. The number of carbonyl (C=O) groups is 1. The van der Waals surface area contributed by atoms with Crippen LogP contribution in [-0.2, 0) is 16.1 Å². The topological polar surface area (TPSA) is 66.6 Å². The molecule has 2 fully saturated rings. The van der Waals surface area contributed by atoms with Crippen molar-refractivity contribution in [2.45, 2.75) is 38.7 Å². The lowest BCUT2D eigenvalue weighted by Crippen LogP contribution is -2.58. The molecule has 7 nitrogen and oxygen atoms in total. The van der Waals surface area contributed by atoms with Crippen molar-refractivity contribution in [3.63, 3.8) is 0 Å². The van der Waals surface area contributed by atoms with Crippen LogP contribution in [0.3, 0.4) is 0 Å². The number of hydrogen-bond acceptors (Lipinski definition) is 6. The Hall–Kier alpha value is -2.83. The Morgan fingerprint density at radius 3 is 2.85 bits per heavy atom. The van der Waals surface area contributed by atoms with Crippen LogP contribution in [0.1, 0.15) is 50.4 Å². The van der Waals surface area contributed by atoms with Crippen LogP contribution in [0.2, 0.25) is 0 Å². The molecule has 0 bridgehead atoms. The van der Waals surface area contributed by atoms with Crippen molar-refractivity contribution >= 4 is 11.7 Å². The van der Waals surface area contributed by atoms with Gasteiger partial charge in [-0.05, 0) is 48.2 Å². The number of carbonyl (C=O) groups excluding carboxylic acids is 1. The predicted octanol–water partition coefficient (Wildman–Crippen LogP) is 3.45. The maximum absolute atomic E-state index is 14.3. The van der Waals surface area contributed by atoms with E-state index in [0.29, 0.717) is 30.8 Å². The van der Waals surface area contributed by atoms with Gasteiger partial charge in [-0.15, -0.1) is 0 Å². The summed E-state index contributed by atoms with van der Waals surface area (Å²) < 4.78 is 25.5. The van der Waals surface area contributed by atoms with Gasteiger partial charge in [-0.3, -0.25) is 9.80 Å². The second-order valence-corrected chi connectivity index (χ2v) is 9.41. The lowest BCUT2D eigenvalue weighted by Gasteiger charge is -2.46. The number of benzene rings is 2. The van der Waals surface area contributed by atoms with Crippen LogP contribution in [0.4, 0.5) is 10.1 Å². The van der Waals surface area contributed by atoms with E-state index in [1.54, 1.807) is 13.0 Å². The number of aliphatic hydroxyl groups excluding tert-OH is 1. The van der Waals surface area contributed by atoms with Crippen LogP contribution in [0.5, 0.6) is 0 Å². The normalized spacial score (nSPS) is 23.7. The van der Waals surface area contributed by atoms with E-state index in [0.717, 1.165) is 41.9 Å². The third kappa shape index (κ3) is 4.10. The molecule has 5 rings (SSSR count). The third-order valence-electron chi connectivity index (χ3n) is 7.34. The number of rotatable bonds is 4. The molecule has 0 amide bonds. The average molecular weight is 466 g/mol. The van der Waals surface area contributed by atoms with Gasteiger partial charge in [0, 0.05) is 44.3 Å². The van der Waals surface area contributed by atoms with Gasteiger partial charge < -0.3 is 14.6 Å². The van der Waals surface area contributed by atoms with Gasteiger partial charge in [0.2, 0.25) is 5.69 Å². The van der Waals surface area contributed by atoms with Gasteiger partial charge in [0.1, 0.15) is 12.4 Å². The number of cyclic esters (lactones) is 1. The van der Waals surface area contributed by atoms with E-state index in [1.807, 2.05) is 19.1 Å². The number of aliphatic hydroxyl groups is 1. The molecule has 2 aromatic carbocycles. The predicted molar refractivity (Wildman–Crippen MR) is 123 cm³/mol. The number of piperazine rings is 1. The monoisotopic (exact) mass is 465 g/mol. The molecule has 3 aliphatic rings. The molecule has 0 aliphatic carbocycles. The van der Waals surface area contributed by atoms with E-state index in [2.05, 4.69) is 14.6 Å². The maximum atomic E-state index is 14.3.